The molecule has 0 aromatic carbocycles. The van der Waals surface area contributed by atoms with Crippen LogP contribution < -0.4 is 0 Å². The van der Waals surface area contributed by atoms with E-state index in [1.807, 2.05) is 4.90 Å². The molecule has 0 amide bonds. The van der Waals surface area contributed by atoms with Crippen molar-refractivity contribution in [1.82, 2.24) is 4.90 Å². The third-order valence-corrected chi connectivity index (χ3v) is 3.46. The fourth-order valence-corrected chi connectivity index (χ4v) is 2.17. The van der Waals surface area contributed by atoms with Crippen LogP contribution in [0.15, 0.2) is 12.1 Å². The van der Waals surface area contributed by atoms with Gasteiger partial charge in [0, 0.05) is 0 Å². The first-order valence-electron chi connectivity index (χ1n) is 5.90. The minimum atomic E-state index is -4.86. The minimum absolute atomic E-state index is 0.00564. The van der Waals surface area contributed by atoms with Crippen LogP contribution in [0.25, 0.3) is 0 Å². The molecule has 1 aliphatic heterocycles. The molecule has 1 heterocycles. The summed E-state index contributed by atoms with van der Waals surface area (Å²) in [6, 6.07) is 0. The summed E-state index contributed by atoms with van der Waals surface area (Å²) in [5.74, 6) is 1.30. The zero-order valence-electron chi connectivity index (χ0n) is 10.1. The maximum atomic E-state index is 12.3. The van der Waals surface area contributed by atoms with E-state index >= 15 is 0 Å². The maximum Gasteiger partial charge on any atom is 0.506 e. The molecule has 0 aromatic rings. The van der Waals surface area contributed by atoms with E-state index in [1.54, 1.807) is 0 Å². The van der Waals surface area contributed by atoms with Gasteiger partial charge in [-0.15, -0.1) is 12.1 Å². The van der Waals surface area contributed by atoms with Crippen LogP contribution in [0.2, 0.25) is 0 Å². The molecular weight excluding hydrogens is 214 g/mol. The van der Waals surface area contributed by atoms with E-state index in [2.05, 4.69) is 20.4 Å². The van der Waals surface area contributed by atoms with Crippen molar-refractivity contribution >= 4 is 6.98 Å². The van der Waals surface area contributed by atoms with Gasteiger partial charge < -0.3 is 17.8 Å². The van der Waals surface area contributed by atoms with Gasteiger partial charge in [0.2, 0.25) is 0 Å². The van der Waals surface area contributed by atoms with Gasteiger partial charge in [-0.2, -0.15) is 0 Å². The van der Waals surface area contributed by atoms with Crippen LogP contribution in [0.5, 0.6) is 0 Å². The lowest BCUT2D eigenvalue weighted by Gasteiger charge is -2.35. The Bertz CT molecular complexity index is 242. The van der Waals surface area contributed by atoms with Crippen LogP contribution in [-0.4, -0.2) is 31.5 Å². The number of likely N-dealkylation sites (tertiary alicyclic amines) is 1. The molecule has 0 aliphatic carbocycles. The molecule has 0 saturated carbocycles. The molecule has 0 bridgehead atoms. The Morgan fingerprint density at radius 1 is 1.31 bits per heavy atom. The highest BCUT2D eigenvalue weighted by atomic mass is 19.4. The standard InChI is InChI=1S/C11H20BF3N/c1-9(2)11-4-6-16(7-5-11)8-10(3)12(13,14)15/h9,11H,3-8H2,1-2H3/q-1. The number of hydrogen-bond donors (Lipinski definition) is 0. The molecule has 0 N–H and O–H groups in total. The predicted molar refractivity (Wildman–Crippen MR) is 62.2 cm³/mol. The van der Waals surface area contributed by atoms with Crippen LogP contribution in [0, 0.1) is 11.8 Å². The number of hydrogen-bond acceptors (Lipinski definition) is 1. The van der Waals surface area contributed by atoms with Crippen molar-refractivity contribution in [2.75, 3.05) is 19.6 Å². The quantitative estimate of drug-likeness (QED) is 0.674. The van der Waals surface area contributed by atoms with Crippen molar-refractivity contribution in [2.24, 2.45) is 11.8 Å². The van der Waals surface area contributed by atoms with Gasteiger partial charge in [-0.1, -0.05) is 13.8 Å². The first-order valence-corrected chi connectivity index (χ1v) is 5.90. The van der Waals surface area contributed by atoms with Gasteiger partial charge in [0.1, 0.15) is 0 Å². The smallest absolute Gasteiger partial charge is 0.445 e. The second kappa shape index (κ2) is 5.26. The van der Waals surface area contributed by atoms with Gasteiger partial charge in [-0.25, -0.2) is 0 Å². The van der Waals surface area contributed by atoms with Crippen molar-refractivity contribution < 1.29 is 12.9 Å². The number of halogens is 3. The molecule has 0 atom stereocenters. The van der Waals surface area contributed by atoms with E-state index < -0.39 is 12.4 Å². The fourth-order valence-electron chi connectivity index (χ4n) is 2.17. The predicted octanol–water partition coefficient (Wildman–Crippen LogP) is 3.30. The van der Waals surface area contributed by atoms with E-state index in [-0.39, 0.29) is 6.54 Å². The Kier molecular flexibility index (Phi) is 4.47. The molecule has 5 heteroatoms. The van der Waals surface area contributed by atoms with Crippen LogP contribution >= 0.6 is 0 Å². The van der Waals surface area contributed by atoms with Gasteiger partial charge in [0.25, 0.3) is 0 Å². The van der Waals surface area contributed by atoms with Crippen molar-refractivity contribution in [1.29, 1.82) is 0 Å². The molecule has 0 unspecified atom stereocenters. The molecule has 1 fully saturated rings. The molecular formula is C11H20BF3N-. The first kappa shape index (κ1) is 13.6. The maximum absolute atomic E-state index is 12.3. The first-order chi connectivity index (χ1) is 7.30. The number of piperidine rings is 1. The summed E-state index contributed by atoms with van der Waals surface area (Å²) in [4.78, 5) is 1.87. The van der Waals surface area contributed by atoms with Gasteiger partial charge in [-0.3, -0.25) is 0 Å². The van der Waals surface area contributed by atoms with Gasteiger partial charge >= 0.3 is 6.98 Å². The monoisotopic (exact) mass is 234 g/mol. The zero-order chi connectivity index (χ0) is 12.3. The SMILES string of the molecule is C=C(CN1CCC(C(C)C)CC1)[B-](F)(F)F. The van der Waals surface area contributed by atoms with E-state index in [1.165, 1.54) is 0 Å². The third kappa shape index (κ3) is 3.85. The summed E-state index contributed by atoms with van der Waals surface area (Å²) in [6.45, 7) is 4.17. The van der Waals surface area contributed by atoms with Crippen LogP contribution in [0.4, 0.5) is 12.9 Å². The molecule has 1 nitrogen and oxygen atoms in total. The highest BCUT2D eigenvalue weighted by Crippen LogP contribution is 2.26. The molecule has 1 aliphatic rings. The summed E-state index contributed by atoms with van der Waals surface area (Å²) >= 11 is 0. The second-order valence-corrected chi connectivity index (χ2v) is 5.09. The van der Waals surface area contributed by atoms with Crippen molar-refractivity contribution in [3.8, 4) is 0 Å². The lowest BCUT2D eigenvalue weighted by atomic mass is 9.79. The van der Waals surface area contributed by atoms with Crippen molar-refractivity contribution in [3.05, 3.63) is 12.1 Å². The minimum Gasteiger partial charge on any atom is -0.445 e. The Hall–Kier alpha value is -0.445. The van der Waals surface area contributed by atoms with Crippen LogP contribution in [0.3, 0.4) is 0 Å². The summed E-state index contributed by atoms with van der Waals surface area (Å²) in [5, 5.41) is 0. The average Bonchev–Trinajstić information content (AvgIpc) is 2.17. The zero-order valence-corrected chi connectivity index (χ0v) is 10.1. The number of nitrogens with zero attached hydrogens (tertiary/aromatic N) is 1. The van der Waals surface area contributed by atoms with E-state index in [0.717, 1.165) is 25.9 Å². The van der Waals surface area contributed by atoms with Crippen LogP contribution in [-0.2, 0) is 0 Å². The van der Waals surface area contributed by atoms with Gasteiger partial charge in [-0.05, 0) is 44.3 Å². The van der Waals surface area contributed by atoms with Gasteiger partial charge in [0.15, 0.2) is 0 Å². The summed E-state index contributed by atoms with van der Waals surface area (Å²) in [6.07, 6.45) is 2.02. The molecule has 0 aromatic heterocycles. The lowest BCUT2D eigenvalue weighted by Crippen LogP contribution is -2.39. The van der Waals surface area contributed by atoms with Crippen LogP contribution in [0.1, 0.15) is 26.7 Å². The lowest BCUT2D eigenvalue weighted by molar-refractivity contribution is 0.168. The molecule has 0 spiro atoms. The Balaban J connectivity index is 2.35. The van der Waals surface area contributed by atoms with E-state index in [9.17, 15) is 12.9 Å². The summed E-state index contributed by atoms with van der Waals surface area (Å²) in [7, 11) is 0. The highest BCUT2D eigenvalue weighted by Gasteiger charge is 2.29. The Morgan fingerprint density at radius 3 is 2.19 bits per heavy atom. The normalized spacial score (nSPS) is 20.4. The Morgan fingerprint density at radius 2 is 1.81 bits per heavy atom. The molecule has 16 heavy (non-hydrogen) atoms. The topological polar surface area (TPSA) is 3.24 Å². The molecule has 94 valence electrons. The Labute approximate surface area is 95.8 Å². The number of rotatable bonds is 4. The molecule has 1 saturated heterocycles. The molecule has 0 radical (unpaired) electrons. The summed E-state index contributed by atoms with van der Waals surface area (Å²) < 4.78 is 37.0. The van der Waals surface area contributed by atoms with Crippen molar-refractivity contribution in [2.45, 2.75) is 26.7 Å². The fraction of sp³-hybridized carbons (Fsp3) is 0.818. The van der Waals surface area contributed by atoms with Gasteiger partial charge in [0.05, 0.1) is 0 Å². The van der Waals surface area contributed by atoms with E-state index in [0.29, 0.717) is 11.8 Å². The summed E-state index contributed by atoms with van der Waals surface area (Å²) in [5.41, 5.74) is -0.567. The third-order valence-electron chi connectivity index (χ3n) is 3.46. The second-order valence-electron chi connectivity index (χ2n) is 5.09. The average molecular weight is 234 g/mol. The van der Waals surface area contributed by atoms with Crippen molar-refractivity contribution in [3.63, 3.8) is 0 Å². The van der Waals surface area contributed by atoms with E-state index in [4.69, 9.17) is 0 Å². The molecule has 1 rings (SSSR count). The largest absolute Gasteiger partial charge is 0.506 e. The highest BCUT2D eigenvalue weighted by molar-refractivity contribution is 6.66.